The van der Waals surface area contributed by atoms with Crippen LogP contribution in [0.3, 0.4) is 0 Å². The number of para-hydroxylation sites is 1. The van der Waals surface area contributed by atoms with Crippen molar-refractivity contribution in [3.63, 3.8) is 0 Å². The van der Waals surface area contributed by atoms with Gasteiger partial charge < -0.3 is 16.6 Å². The summed E-state index contributed by atoms with van der Waals surface area (Å²) in [5, 5.41) is 15.2. The quantitative estimate of drug-likeness (QED) is 0.373. The average Bonchev–Trinajstić information content (AvgIpc) is 3.12. The van der Waals surface area contributed by atoms with Crippen molar-refractivity contribution in [2.45, 2.75) is 45.4 Å². The largest absolute Gasteiger partial charge is 0.382 e. The molecule has 0 saturated carbocycles. The third-order valence-corrected chi connectivity index (χ3v) is 5.54. The van der Waals surface area contributed by atoms with Gasteiger partial charge in [0.15, 0.2) is 5.82 Å². The number of rotatable bonds is 5. The predicted molar refractivity (Wildman–Crippen MR) is 133 cm³/mol. The van der Waals surface area contributed by atoms with Crippen molar-refractivity contribution in [3.05, 3.63) is 77.1 Å². The van der Waals surface area contributed by atoms with Gasteiger partial charge in [-0.05, 0) is 69.0 Å². The molecule has 1 atom stereocenters. The zero-order valence-corrected chi connectivity index (χ0v) is 19.8. The van der Waals surface area contributed by atoms with E-state index in [0.717, 1.165) is 28.1 Å². The van der Waals surface area contributed by atoms with Crippen LogP contribution >= 0.6 is 0 Å². The number of pyridine rings is 1. The zero-order chi connectivity index (χ0) is 25.3. The van der Waals surface area contributed by atoms with Crippen molar-refractivity contribution in [1.29, 1.82) is 0 Å². The van der Waals surface area contributed by atoms with Crippen LogP contribution in [0.5, 0.6) is 0 Å². The van der Waals surface area contributed by atoms with Gasteiger partial charge in [-0.15, -0.1) is 0 Å². The second-order valence-electron chi connectivity index (χ2n) is 8.93. The topological polar surface area (TPSA) is 103 Å². The second-order valence-corrected chi connectivity index (χ2v) is 8.93. The van der Waals surface area contributed by atoms with Crippen LogP contribution in [-0.4, -0.2) is 25.5 Å². The van der Waals surface area contributed by atoms with Crippen molar-refractivity contribution in [2.75, 3.05) is 5.73 Å². The normalized spacial score (nSPS) is 12.4. The minimum atomic E-state index is -1.20. The van der Waals surface area contributed by atoms with E-state index in [4.69, 9.17) is 16.5 Å². The first kappa shape index (κ1) is 24.3. The fourth-order valence-electron chi connectivity index (χ4n) is 4.06. The highest BCUT2D eigenvalue weighted by Gasteiger charge is 2.20. The van der Waals surface area contributed by atoms with Crippen LogP contribution in [0, 0.1) is 23.5 Å². The molecule has 35 heavy (non-hydrogen) atoms. The molecule has 2 heterocycles. The SMILES string of the molecule is CCn1nc(N)c2cccc(-c3ccc(C#CC(C)(C)O)nc3[C@@H](N)Cc3cc(F)cc(F)c3)c21. The lowest BCUT2D eigenvalue weighted by Crippen LogP contribution is -2.17. The Bertz CT molecular complexity index is 1440. The van der Waals surface area contributed by atoms with E-state index >= 15 is 0 Å². The minimum Gasteiger partial charge on any atom is -0.382 e. The zero-order valence-electron chi connectivity index (χ0n) is 19.8. The highest BCUT2D eigenvalue weighted by atomic mass is 19.1. The fraction of sp³-hybridized carbons (Fsp3) is 0.259. The van der Waals surface area contributed by atoms with Gasteiger partial charge in [0.25, 0.3) is 0 Å². The summed E-state index contributed by atoms with van der Waals surface area (Å²) in [4.78, 5) is 4.70. The number of hydrogen-bond acceptors (Lipinski definition) is 5. The summed E-state index contributed by atoms with van der Waals surface area (Å²) < 4.78 is 29.4. The molecule has 6 nitrogen and oxygen atoms in total. The summed E-state index contributed by atoms with van der Waals surface area (Å²) in [6.45, 7) is 5.74. The molecular weight excluding hydrogens is 448 g/mol. The summed E-state index contributed by atoms with van der Waals surface area (Å²) in [6.07, 6.45) is 0.155. The number of benzene rings is 2. The number of nitrogens with zero attached hydrogens (tertiary/aromatic N) is 3. The lowest BCUT2D eigenvalue weighted by molar-refractivity contribution is 0.143. The van der Waals surface area contributed by atoms with E-state index in [1.807, 2.05) is 35.9 Å². The van der Waals surface area contributed by atoms with Crippen LogP contribution in [0.25, 0.3) is 22.0 Å². The molecule has 0 radical (unpaired) electrons. The van der Waals surface area contributed by atoms with Gasteiger partial charge in [-0.3, -0.25) is 4.68 Å². The van der Waals surface area contributed by atoms with E-state index in [1.54, 1.807) is 19.9 Å². The van der Waals surface area contributed by atoms with Crippen LogP contribution in [0.1, 0.15) is 43.8 Å². The number of anilines is 1. The van der Waals surface area contributed by atoms with Crippen molar-refractivity contribution in [3.8, 4) is 23.0 Å². The number of halogens is 2. The molecule has 0 bridgehead atoms. The lowest BCUT2D eigenvalue weighted by atomic mass is 9.94. The molecule has 180 valence electrons. The Balaban J connectivity index is 1.89. The molecule has 4 rings (SSSR count). The summed E-state index contributed by atoms with van der Waals surface area (Å²) >= 11 is 0. The first-order chi connectivity index (χ1) is 16.6. The van der Waals surface area contributed by atoms with Gasteiger partial charge in [-0.1, -0.05) is 18.1 Å². The Hall–Kier alpha value is -3.80. The van der Waals surface area contributed by atoms with Gasteiger partial charge in [-0.25, -0.2) is 13.8 Å². The molecule has 5 N–H and O–H groups in total. The number of hydrogen-bond donors (Lipinski definition) is 3. The molecule has 2 aromatic carbocycles. The fourth-order valence-corrected chi connectivity index (χ4v) is 4.06. The van der Waals surface area contributed by atoms with Gasteiger partial charge in [0, 0.05) is 29.1 Å². The highest BCUT2D eigenvalue weighted by Crippen LogP contribution is 2.35. The minimum absolute atomic E-state index is 0.155. The number of fused-ring (bicyclic) bond motifs is 1. The molecule has 0 spiro atoms. The summed E-state index contributed by atoms with van der Waals surface area (Å²) in [5.41, 5.74) is 15.3. The second kappa shape index (κ2) is 9.45. The van der Waals surface area contributed by atoms with Crippen LogP contribution in [0.15, 0.2) is 48.5 Å². The molecule has 0 aliphatic heterocycles. The van der Waals surface area contributed by atoms with E-state index in [1.165, 1.54) is 12.1 Å². The number of nitrogen functional groups attached to an aromatic ring is 1. The monoisotopic (exact) mass is 475 g/mol. The Morgan fingerprint density at radius 2 is 1.80 bits per heavy atom. The lowest BCUT2D eigenvalue weighted by Gasteiger charge is -2.18. The summed E-state index contributed by atoms with van der Waals surface area (Å²) in [5.74, 6) is 4.72. The molecule has 0 aliphatic rings. The first-order valence-corrected chi connectivity index (χ1v) is 11.3. The molecular formula is C27H27F2N5O. The smallest absolute Gasteiger partial charge is 0.153 e. The molecule has 2 aromatic heterocycles. The third kappa shape index (κ3) is 5.32. The highest BCUT2D eigenvalue weighted by molar-refractivity contribution is 6.00. The van der Waals surface area contributed by atoms with Crippen molar-refractivity contribution >= 4 is 16.7 Å². The third-order valence-electron chi connectivity index (χ3n) is 5.54. The van der Waals surface area contributed by atoms with Crippen LogP contribution in [0.4, 0.5) is 14.6 Å². The van der Waals surface area contributed by atoms with Crippen molar-refractivity contribution < 1.29 is 13.9 Å². The van der Waals surface area contributed by atoms with E-state index in [9.17, 15) is 13.9 Å². The number of nitrogens with two attached hydrogens (primary N) is 2. The van der Waals surface area contributed by atoms with Gasteiger partial charge in [0.1, 0.15) is 22.9 Å². The van der Waals surface area contributed by atoms with Crippen molar-refractivity contribution in [1.82, 2.24) is 14.8 Å². The molecule has 0 amide bonds. The van der Waals surface area contributed by atoms with E-state index in [-0.39, 0.29) is 6.42 Å². The Kier molecular flexibility index (Phi) is 6.57. The van der Waals surface area contributed by atoms with Crippen LogP contribution in [-0.2, 0) is 13.0 Å². The van der Waals surface area contributed by atoms with Crippen molar-refractivity contribution in [2.24, 2.45) is 5.73 Å². The standard InChI is InChI=1S/C27H27F2N5O/c1-4-34-25-21(6-5-7-22(25)26(31)33-34)20-9-8-19(10-11-27(2,3)35)32-24(20)23(30)14-16-12-17(28)15-18(29)13-16/h5-9,12-13,15,23,35H,4,14,30H2,1-3H3,(H2,31,33)/t23-/m0/s1. The first-order valence-electron chi connectivity index (χ1n) is 11.3. The number of aromatic nitrogens is 3. The van der Waals surface area contributed by atoms with Crippen LogP contribution in [0.2, 0.25) is 0 Å². The average molecular weight is 476 g/mol. The molecule has 0 aliphatic carbocycles. The molecule has 0 fully saturated rings. The number of aliphatic hydroxyl groups is 1. The molecule has 0 saturated heterocycles. The number of aryl methyl sites for hydroxylation is 1. The maximum atomic E-state index is 13.8. The predicted octanol–water partition coefficient (Wildman–Crippen LogP) is 4.34. The van der Waals surface area contributed by atoms with Crippen LogP contribution < -0.4 is 11.5 Å². The van der Waals surface area contributed by atoms with E-state index in [0.29, 0.717) is 29.3 Å². The van der Waals surface area contributed by atoms with E-state index < -0.39 is 23.3 Å². The maximum Gasteiger partial charge on any atom is 0.153 e. The molecule has 0 unspecified atom stereocenters. The Morgan fingerprint density at radius 1 is 1.09 bits per heavy atom. The van der Waals surface area contributed by atoms with Gasteiger partial charge in [-0.2, -0.15) is 5.10 Å². The van der Waals surface area contributed by atoms with Gasteiger partial charge >= 0.3 is 0 Å². The Labute approximate surface area is 202 Å². The van der Waals surface area contributed by atoms with E-state index in [2.05, 4.69) is 16.9 Å². The molecule has 8 heteroatoms. The molecule has 4 aromatic rings. The van der Waals surface area contributed by atoms with Gasteiger partial charge in [0.05, 0.1) is 17.3 Å². The summed E-state index contributed by atoms with van der Waals surface area (Å²) in [6, 6.07) is 12.0. The Morgan fingerprint density at radius 3 is 2.46 bits per heavy atom. The summed E-state index contributed by atoms with van der Waals surface area (Å²) in [7, 11) is 0. The maximum absolute atomic E-state index is 13.8. The van der Waals surface area contributed by atoms with Gasteiger partial charge in [0.2, 0.25) is 0 Å².